The van der Waals surface area contributed by atoms with E-state index < -0.39 is 0 Å². The summed E-state index contributed by atoms with van der Waals surface area (Å²) in [6, 6.07) is 9.05. The van der Waals surface area contributed by atoms with Crippen molar-refractivity contribution in [3.05, 3.63) is 35.4 Å². The molecule has 17 heavy (non-hydrogen) atoms. The highest BCUT2D eigenvalue weighted by molar-refractivity contribution is 5.25. The summed E-state index contributed by atoms with van der Waals surface area (Å²) in [5.74, 6) is 0.612. The van der Waals surface area contributed by atoms with E-state index in [1.54, 1.807) is 0 Å². The van der Waals surface area contributed by atoms with Crippen molar-refractivity contribution in [3.63, 3.8) is 0 Å². The summed E-state index contributed by atoms with van der Waals surface area (Å²) in [4.78, 5) is 0. The minimum absolute atomic E-state index is 0.291. The maximum Gasteiger partial charge on any atom is -0.00175 e. The van der Waals surface area contributed by atoms with E-state index in [-0.39, 0.29) is 0 Å². The topological polar surface area (TPSA) is 26.0 Å². The van der Waals surface area contributed by atoms with Gasteiger partial charge in [0, 0.05) is 0 Å². The van der Waals surface area contributed by atoms with Crippen LogP contribution in [0.3, 0.4) is 0 Å². The number of benzene rings is 1. The van der Waals surface area contributed by atoms with Gasteiger partial charge in [-0.15, -0.1) is 0 Å². The minimum Gasteiger partial charge on any atom is -0.330 e. The van der Waals surface area contributed by atoms with Crippen LogP contribution in [0.4, 0.5) is 0 Å². The molecule has 2 N–H and O–H groups in total. The van der Waals surface area contributed by atoms with Gasteiger partial charge in [0.2, 0.25) is 0 Å². The molecule has 1 aromatic carbocycles. The largest absolute Gasteiger partial charge is 0.330 e. The normalized spacial score (nSPS) is 12.1. The van der Waals surface area contributed by atoms with Gasteiger partial charge in [-0.05, 0) is 48.3 Å². The van der Waals surface area contributed by atoms with Gasteiger partial charge in [-0.25, -0.2) is 0 Å². The maximum absolute atomic E-state index is 5.95. The van der Waals surface area contributed by atoms with Crippen molar-refractivity contribution >= 4 is 0 Å². The molecule has 1 aromatic rings. The van der Waals surface area contributed by atoms with E-state index in [0.29, 0.717) is 11.3 Å². The Labute approximate surface area is 106 Å². The van der Waals surface area contributed by atoms with Crippen molar-refractivity contribution in [2.24, 2.45) is 11.1 Å². The van der Waals surface area contributed by atoms with Gasteiger partial charge in [0.1, 0.15) is 0 Å². The number of nitrogens with two attached hydrogens (primary N) is 1. The summed E-state index contributed by atoms with van der Waals surface area (Å²) >= 11 is 0. The fraction of sp³-hybridized carbons (Fsp3) is 0.625. The Hall–Kier alpha value is -0.820. The molecule has 0 saturated carbocycles. The highest BCUT2D eigenvalue weighted by Crippen LogP contribution is 2.30. The fourth-order valence-electron chi connectivity index (χ4n) is 2.31. The monoisotopic (exact) mass is 233 g/mol. The highest BCUT2D eigenvalue weighted by atomic mass is 14.6. The second-order valence-electron chi connectivity index (χ2n) is 5.48. The van der Waals surface area contributed by atoms with E-state index >= 15 is 0 Å². The van der Waals surface area contributed by atoms with Crippen LogP contribution in [-0.2, 0) is 6.42 Å². The van der Waals surface area contributed by atoms with Gasteiger partial charge in [-0.1, -0.05) is 52.0 Å². The van der Waals surface area contributed by atoms with E-state index in [1.807, 2.05) is 0 Å². The zero-order valence-electron chi connectivity index (χ0n) is 11.8. The van der Waals surface area contributed by atoms with Crippen LogP contribution in [0.1, 0.15) is 57.6 Å². The molecule has 1 rings (SSSR count). The molecule has 0 bridgehead atoms. The van der Waals surface area contributed by atoms with Crippen molar-refractivity contribution in [3.8, 4) is 0 Å². The molecule has 96 valence electrons. The van der Waals surface area contributed by atoms with Crippen LogP contribution in [-0.4, -0.2) is 6.54 Å². The average Bonchev–Trinajstić information content (AvgIpc) is 2.37. The number of hydrogen-bond donors (Lipinski definition) is 1. The van der Waals surface area contributed by atoms with Crippen LogP contribution in [0.2, 0.25) is 0 Å². The van der Waals surface area contributed by atoms with Crippen molar-refractivity contribution in [2.75, 3.05) is 6.54 Å². The van der Waals surface area contributed by atoms with E-state index in [4.69, 9.17) is 5.73 Å². The van der Waals surface area contributed by atoms with Crippen LogP contribution in [0.25, 0.3) is 0 Å². The molecule has 0 spiro atoms. The smallest absolute Gasteiger partial charge is 0.00175 e. The van der Waals surface area contributed by atoms with Crippen LogP contribution in [0, 0.1) is 5.41 Å². The van der Waals surface area contributed by atoms with Crippen molar-refractivity contribution < 1.29 is 0 Å². The van der Waals surface area contributed by atoms with Crippen LogP contribution in [0.15, 0.2) is 24.3 Å². The fourth-order valence-corrected chi connectivity index (χ4v) is 2.31. The van der Waals surface area contributed by atoms with E-state index in [2.05, 4.69) is 52.0 Å². The summed E-state index contributed by atoms with van der Waals surface area (Å²) < 4.78 is 0. The lowest BCUT2D eigenvalue weighted by Gasteiger charge is -2.30. The molecule has 0 saturated heterocycles. The van der Waals surface area contributed by atoms with Crippen LogP contribution >= 0.6 is 0 Å². The zero-order valence-corrected chi connectivity index (χ0v) is 11.8. The Kier molecular flexibility index (Phi) is 5.20. The molecule has 0 heterocycles. The predicted octanol–water partition coefficient (Wildman–Crippen LogP) is 4.12. The first-order valence-corrected chi connectivity index (χ1v) is 6.85. The molecule has 0 aliphatic rings. The Balaban J connectivity index is 2.80. The lowest BCUT2D eigenvalue weighted by Crippen LogP contribution is -2.31. The van der Waals surface area contributed by atoms with Crippen molar-refractivity contribution in [1.29, 1.82) is 0 Å². The first-order chi connectivity index (χ1) is 8.06. The molecule has 0 amide bonds. The van der Waals surface area contributed by atoms with E-state index in [0.717, 1.165) is 25.8 Å². The number of rotatable bonds is 6. The summed E-state index contributed by atoms with van der Waals surface area (Å²) in [5.41, 5.74) is 9.08. The van der Waals surface area contributed by atoms with Crippen molar-refractivity contribution in [2.45, 2.75) is 52.9 Å². The standard InChI is InChI=1S/C16H27N/c1-5-16(6-2,12-17)11-14-7-9-15(10-8-14)13(3)4/h7-10,13H,5-6,11-12,17H2,1-4H3. The van der Waals surface area contributed by atoms with E-state index in [1.165, 1.54) is 11.1 Å². The summed E-state index contributed by atoms with van der Waals surface area (Å²) in [6.45, 7) is 9.75. The second kappa shape index (κ2) is 6.20. The van der Waals surface area contributed by atoms with Crippen molar-refractivity contribution in [1.82, 2.24) is 0 Å². The van der Waals surface area contributed by atoms with Gasteiger partial charge in [0.05, 0.1) is 0 Å². The molecular weight excluding hydrogens is 206 g/mol. The Morgan fingerprint density at radius 2 is 1.59 bits per heavy atom. The third-order valence-electron chi connectivity index (χ3n) is 4.16. The third-order valence-corrected chi connectivity index (χ3v) is 4.16. The summed E-state index contributed by atoms with van der Waals surface area (Å²) in [6.07, 6.45) is 3.42. The van der Waals surface area contributed by atoms with Gasteiger partial charge < -0.3 is 5.73 Å². The molecular formula is C16H27N. The average molecular weight is 233 g/mol. The van der Waals surface area contributed by atoms with Crippen LogP contribution in [0.5, 0.6) is 0 Å². The first-order valence-electron chi connectivity index (χ1n) is 6.85. The lowest BCUT2D eigenvalue weighted by atomic mass is 9.77. The maximum atomic E-state index is 5.95. The highest BCUT2D eigenvalue weighted by Gasteiger charge is 2.24. The molecule has 0 atom stereocenters. The van der Waals surface area contributed by atoms with Gasteiger partial charge in [-0.3, -0.25) is 0 Å². The lowest BCUT2D eigenvalue weighted by molar-refractivity contribution is 0.271. The van der Waals surface area contributed by atoms with Gasteiger partial charge in [0.15, 0.2) is 0 Å². The predicted molar refractivity (Wildman–Crippen MR) is 76.3 cm³/mol. The summed E-state index contributed by atoms with van der Waals surface area (Å²) in [5, 5.41) is 0. The van der Waals surface area contributed by atoms with Gasteiger partial charge in [-0.2, -0.15) is 0 Å². The van der Waals surface area contributed by atoms with Crippen LogP contribution < -0.4 is 5.73 Å². The molecule has 0 unspecified atom stereocenters. The molecule has 0 aliphatic heterocycles. The molecule has 0 aliphatic carbocycles. The van der Waals surface area contributed by atoms with E-state index in [9.17, 15) is 0 Å². The van der Waals surface area contributed by atoms with Gasteiger partial charge in [0.25, 0.3) is 0 Å². The quantitative estimate of drug-likeness (QED) is 0.786. The Bertz CT molecular complexity index is 312. The SMILES string of the molecule is CCC(CC)(CN)Cc1ccc(C(C)C)cc1. The molecule has 0 fully saturated rings. The molecule has 0 aromatic heterocycles. The number of hydrogen-bond acceptors (Lipinski definition) is 1. The molecule has 1 nitrogen and oxygen atoms in total. The third kappa shape index (κ3) is 3.57. The zero-order chi connectivity index (χ0) is 12.9. The molecule has 0 radical (unpaired) electrons. The summed E-state index contributed by atoms with van der Waals surface area (Å²) in [7, 11) is 0. The Morgan fingerprint density at radius 1 is 1.06 bits per heavy atom. The Morgan fingerprint density at radius 3 is 1.94 bits per heavy atom. The first kappa shape index (κ1) is 14.2. The minimum atomic E-state index is 0.291. The second-order valence-corrected chi connectivity index (χ2v) is 5.48. The molecule has 1 heteroatoms. The van der Waals surface area contributed by atoms with Gasteiger partial charge >= 0.3 is 0 Å².